The molecule has 82 heavy (non-hydrogen) atoms. The average Bonchev–Trinajstić information content (AvgIpc) is 3.47. The van der Waals surface area contributed by atoms with Gasteiger partial charge in [0.2, 0.25) is 0 Å². The summed E-state index contributed by atoms with van der Waals surface area (Å²) < 4.78 is 16.9. The third-order valence-electron chi connectivity index (χ3n) is 16.6. The molecule has 0 radical (unpaired) electrons. The lowest BCUT2D eigenvalue weighted by atomic mass is 10.0. The summed E-state index contributed by atoms with van der Waals surface area (Å²) >= 11 is 0. The van der Waals surface area contributed by atoms with Crippen molar-refractivity contribution in [1.82, 2.24) is 0 Å². The minimum absolute atomic E-state index is 0.0683. The van der Waals surface area contributed by atoms with Gasteiger partial charge in [-0.05, 0) is 83.5 Å². The number of rotatable bonds is 68. The first-order valence-corrected chi connectivity index (χ1v) is 36.6. The molecule has 0 spiro atoms. The highest BCUT2D eigenvalue weighted by Crippen LogP contribution is 2.18. The largest absolute Gasteiger partial charge is 0.462 e. The third kappa shape index (κ3) is 68.2. The van der Waals surface area contributed by atoms with E-state index in [-0.39, 0.29) is 31.1 Å². The standard InChI is InChI=1S/C76H140O6/c1-4-7-10-13-16-19-21-23-25-27-29-31-33-34-35-36-37-38-39-40-41-42-44-45-47-49-51-53-55-57-60-63-66-69-75(78)81-72-73(71-80-74(77)68-65-62-59-18-15-12-9-6-3)82-76(79)70-67-64-61-58-56-54-52-50-48-46-43-32-30-28-26-24-22-20-17-14-11-8-5-2/h21-24,27-30,73H,4-20,25-26,31-72H2,1-3H3/b23-21-,24-22-,29-27-,30-28-. The number of hydrogen-bond donors (Lipinski definition) is 0. The van der Waals surface area contributed by atoms with Crippen LogP contribution in [0, 0.1) is 0 Å². The molecule has 1 unspecified atom stereocenters. The van der Waals surface area contributed by atoms with E-state index in [1.165, 1.54) is 289 Å². The molecule has 0 aromatic rings. The fourth-order valence-electron chi connectivity index (χ4n) is 11.0. The van der Waals surface area contributed by atoms with E-state index in [1.807, 2.05) is 0 Å². The van der Waals surface area contributed by atoms with Crippen LogP contribution in [0.15, 0.2) is 48.6 Å². The molecule has 0 fully saturated rings. The minimum Gasteiger partial charge on any atom is -0.462 e. The van der Waals surface area contributed by atoms with Crippen molar-refractivity contribution in [3.05, 3.63) is 48.6 Å². The number of carbonyl (C=O) groups is 3. The van der Waals surface area contributed by atoms with E-state index in [0.29, 0.717) is 19.3 Å². The van der Waals surface area contributed by atoms with E-state index in [0.717, 1.165) is 70.6 Å². The van der Waals surface area contributed by atoms with Crippen LogP contribution in [-0.2, 0) is 28.6 Å². The van der Waals surface area contributed by atoms with Crippen LogP contribution in [-0.4, -0.2) is 37.2 Å². The Morgan fingerprint density at radius 2 is 0.439 bits per heavy atom. The molecule has 0 aromatic heterocycles. The number of allylic oxidation sites excluding steroid dienone is 8. The molecular formula is C76H140O6. The lowest BCUT2D eigenvalue weighted by molar-refractivity contribution is -0.167. The van der Waals surface area contributed by atoms with Gasteiger partial charge >= 0.3 is 17.9 Å². The minimum atomic E-state index is -0.770. The Labute approximate surface area is 511 Å². The summed E-state index contributed by atoms with van der Waals surface area (Å²) in [6.45, 7) is 6.65. The molecule has 0 bridgehead atoms. The van der Waals surface area contributed by atoms with Crippen LogP contribution in [0.2, 0.25) is 0 Å². The van der Waals surface area contributed by atoms with Crippen molar-refractivity contribution in [2.24, 2.45) is 0 Å². The van der Waals surface area contributed by atoms with Gasteiger partial charge in [0.25, 0.3) is 0 Å². The molecule has 0 aliphatic carbocycles. The quantitative estimate of drug-likeness (QED) is 0.0261. The van der Waals surface area contributed by atoms with Crippen LogP contribution < -0.4 is 0 Å². The van der Waals surface area contributed by atoms with Crippen LogP contribution in [0.25, 0.3) is 0 Å². The molecule has 6 heteroatoms. The summed E-state index contributed by atoms with van der Waals surface area (Å²) in [6, 6.07) is 0. The first kappa shape index (κ1) is 79.4. The maximum atomic E-state index is 12.9. The second-order valence-corrected chi connectivity index (χ2v) is 24.9. The SMILES string of the molecule is CCCCCCC/C=C\C/C=C\CCCCCCCCCCCCCCCCCCCCCCCC(=O)OCC(COC(=O)CCCCCCCCCC)OC(=O)CCCCCCCCCCCCC/C=C\C/C=C\CCCCCCC. The van der Waals surface area contributed by atoms with Gasteiger partial charge in [0.15, 0.2) is 6.10 Å². The van der Waals surface area contributed by atoms with Crippen LogP contribution in [0.5, 0.6) is 0 Å². The molecule has 0 aliphatic heterocycles. The van der Waals surface area contributed by atoms with Crippen molar-refractivity contribution in [1.29, 1.82) is 0 Å². The Bertz CT molecular complexity index is 1410. The predicted molar refractivity (Wildman–Crippen MR) is 358 cm³/mol. The highest BCUT2D eigenvalue weighted by molar-refractivity contribution is 5.71. The van der Waals surface area contributed by atoms with Crippen LogP contribution in [0.1, 0.15) is 400 Å². The molecule has 0 saturated carbocycles. The molecule has 0 N–H and O–H groups in total. The maximum Gasteiger partial charge on any atom is 0.306 e. The van der Waals surface area contributed by atoms with E-state index >= 15 is 0 Å². The summed E-state index contributed by atoms with van der Waals surface area (Å²) in [6.07, 6.45) is 90.3. The molecule has 6 nitrogen and oxygen atoms in total. The van der Waals surface area contributed by atoms with Crippen molar-refractivity contribution in [2.75, 3.05) is 13.2 Å². The molecule has 0 rings (SSSR count). The first-order chi connectivity index (χ1) is 40.5. The van der Waals surface area contributed by atoms with E-state index in [4.69, 9.17) is 14.2 Å². The number of ether oxygens (including phenoxy) is 3. The van der Waals surface area contributed by atoms with Gasteiger partial charge in [-0.25, -0.2) is 0 Å². The monoisotopic (exact) mass is 1150 g/mol. The van der Waals surface area contributed by atoms with Crippen molar-refractivity contribution in [3.63, 3.8) is 0 Å². The van der Waals surface area contributed by atoms with E-state index < -0.39 is 6.10 Å². The Hall–Kier alpha value is -2.63. The number of esters is 3. The van der Waals surface area contributed by atoms with E-state index in [9.17, 15) is 14.4 Å². The second kappa shape index (κ2) is 70.9. The van der Waals surface area contributed by atoms with Gasteiger partial charge in [-0.2, -0.15) is 0 Å². The summed E-state index contributed by atoms with van der Waals surface area (Å²) in [4.78, 5) is 38.3. The number of hydrogen-bond acceptors (Lipinski definition) is 6. The molecule has 0 amide bonds. The zero-order valence-corrected chi connectivity index (χ0v) is 55.3. The topological polar surface area (TPSA) is 78.9 Å². The van der Waals surface area contributed by atoms with Crippen molar-refractivity contribution >= 4 is 17.9 Å². The summed E-state index contributed by atoms with van der Waals surface area (Å²) in [7, 11) is 0. The van der Waals surface area contributed by atoms with Crippen LogP contribution >= 0.6 is 0 Å². The van der Waals surface area contributed by atoms with Gasteiger partial charge in [-0.15, -0.1) is 0 Å². The van der Waals surface area contributed by atoms with Gasteiger partial charge in [0.1, 0.15) is 13.2 Å². The summed E-state index contributed by atoms with van der Waals surface area (Å²) in [5.41, 5.74) is 0. The fourth-order valence-corrected chi connectivity index (χ4v) is 11.0. The van der Waals surface area contributed by atoms with Gasteiger partial charge in [-0.3, -0.25) is 14.4 Å². The highest BCUT2D eigenvalue weighted by Gasteiger charge is 2.19. The molecule has 0 aliphatic rings. The van der Waals surface area contributed by atoms with Crippen LogP contribution in [0.4, 0.5) is 0 Å². The highest BCUT2D eigenvalue weighted by atomic mass is 16.6. The zero-order chi connectivity index (χ0) is 59.2. The predicted octanol–water partition coefficient (Wildman–Crippen LogP) is 25.3. The molecule has 0 saturated heterocycles. The maximum absolute atomic E-state index is 12.9. The molecule has 1 atom stereocenters. The van der Waals surface area contributed by atoms with E-state index in [1.54, 1.807) is 0 Å². The smallest absolute Gasteiger partial charge is 0.306 e. The van der Waals surface area contributed by atoms with E-state index in [2.05, 4.69) is 69.4 Å². The second-order valence-electron chi connectivity index (χ2n) is 24.9. The third-order valence-corrected chi connectivity index (χ3v) is 16.6. The normalized spacial score (nSPS) is 12.3. The van der Waals surface area contributed by atoms with Crippen molar-refractivity contribution < 1.29 is 28.6 Å². The Kier molecular flexibility index (Phi) is 68.6. The van der Waals surface area contributed by atoms with Gasteiger partial charge < -0.3 is 14.2 Å². The summed E-state index contributed by atoms with van der Waals surface area (Å²) in [5, 5.41) is 0. The fraction of sp³-hybridized carbons (Fsp3) is 0.855. The Balaban J connectivity index is 4.02. The Morgan fingerprint density at radius 1 is 0.244 bits per heavy atom. The number of carbonyl (C=O) groups excluding carboxylic acids is 3. The molecule has 0 heterocycles. The van der Waals surface area contributed by atoms with Gasteiger partial charge in [-0.1, -0.05) is 345 Å². The molecule has 0 aromatic carbocycles. The van der Waals surface area contributed by atoms with Gasteiger partial charge in [0, 0.05) is 19.3 Å². The zero-order valence-electron chi connectivity index (χ0n) is 55.3. The lowest BCUT2D eigenvalue weighted by Gasteiger charge is -2.18. The first-order valence-electron chi connectivity index (χ1n) is 36.6. The van der Waals surface area contributed by atoms with Crippen molar-refractivity contribution in [2.45, 2.75) is 406 Å². The van der Waals surface area contributed by atoms with Gasteiger partial charge in [0.05, 0.1) is 0 Å². The molecular weight excluding hydrogens is 1010 g/mol. The lowest BCUT2D eigenvalue weighted by Crippen LogP contribution is -2.30. The molecule has 480 valence electrons. The van der Waals surface area contributed by atoms with Crippen molar-refractivity contribution in [3.8, 4) is 0 Å². The Morgan fingerprint density at radius 3 is 0.671 bits per heavy atom. The number of unbranched alkanes of at least 4 members (excludes halogenated alkanes) is 49. The van der Waals surface area contributed by atoms with Crippen LogP contribution in [0.3, 0.4) is 0 Å². The summed E-state index contributed by atoms with van der Waals surface area (Å²) in [5.74, 6) is -0.849. The average molecular weight is 1150 g/mol.